The Balaban J connectivity index is 1.59. The van der Waals surface area contributed by atoms with Crippen LogP contribution >= 0.6 is 0 Å². The fourth-order valence-electron chi connectivity index (χ4n) is 2.62. The number of amides is 1. The maximum Gasteiger partial charge on any atom is 0.253 e. The molecule has 0 unspecified atom stereocenters. The van der Waals surface area contributed by atoms with Gasteiger partial charge in [0.15, 0.2) is 11.6 Å². The molecule has 1 saturated heterocycles. The van der Waals surface area contributed by atoms with Crippen LogP contribution in [0.3, 0.4) is 0 Å². The average molecular weight is 297 g/mol. The van der Waals surface area contributed by atoms with Gasteiger partial charge in [0.2, 0.25) is 0 Å². The molecule has 1 aliphatic rings. The minimum atomic E-state index is -0.337. The fourth-order valence-corrected chi connectivity index (χ4v) is 2.62. The molecule has 1 aromatic carbocycles. The summed E-state index contributed by atoms with van der Waals surface area (Å²) in [5, 5.41) is 2.88. The third kappa shape index (κ3) is 2.37. The summed E-state index contributed by atoms with van der Waals surface area (Å²) in [6.45, 7) is 0.657. The van der Waals surface area contributed by atoms with Gasteiger partial charge in [0, 0.05) is 12.3 Å². The molecule has 112 valence electrons. The van der Waals surface area contributed by atoms with Gasteiger partial charge in [-0.05, 0) is 43.2 Å². The monoisotopic (exact) mass is 297 g/mol. The topological polar surface area (TPSA) is 80.2 Å². The second-order valence-electron chi connectivity index (χ2n) is 5.29. The summed E-state index contributed by atoms with van der Waals surface area (Å²) < 4.78 is 10.7. The van der Waals surface area contributed by atoms with E-state index in [1.165, 1.54) is 0 Å². The Labute approximate surface area is 126 Å². The lowest BCUT2D eigenvalue weighted by Crippen LogP contribution is -2.26. The molecule has 22 heavy (non-hydrogen) atoms. The van der Waals surface area contributed by atoms with Gasteiger partial charge in [-0.25, -0.2) is 4.98 Å². The number of carbonyl (C=O) groups excluding carboxylic acids is 1. The van der Waals surface area contributed by atoms with Gasteiger partial charge in [-0.15, -0.1) is 0 Å². The van der Waals surface area contributed by atoms with Gasteiger partial charge in [0.25, 0.3) is 5.91 Å². The number of aromatic nitrogens is 2. The maximum atomic E-state index is 12.1. The number of hydrogen-bond acceptors (Lipinski definition) is 4. The van der Waals surface area contributed by atoms with Crippen LogP contribution in [0.4, 0.5) is 5.69 Å². The maximum absolute atomic E-state index is 12.1. The number of benzene rings is 1. The molecule has 0 bridgehead atoms. The van der Waals surface area contributed by atoms with E-state index in [4.69, 9.17) is 9.15 Å². The number of nitrogens with zero attached hydrogens (tertiary/aromatic N) is 1. The standard InChI is InChI=1S/C16H15N3O3/c20-16(14-4-2-8-22-14)17-10-5-6-11-12(9-10)19-15(18-11)13-3-1-7-21-13/h1,3,5-7,9,14H,2,4,8H2,(H,17,20)(H,18,19)/t14-/m0/s1. The highest BCUT2D eigenvalue weighted by molar-refractivity contribution is 5.96. The largest absolute Gasteiger partial charge is 0.461 e. The number of H-pyrrole nitrogens is 1. The molecule has 2 aromatic heterocycles. The van der Waals surface area contributed by atoms with Crippen LogP contribution in [0, 0.1) is 0 Å². The Morgan fingerprint density at radius 3 is 3.09 bits per heavy atom. The van der Waals surface area contributed by atoms with Crippen LogP contribution in [0.25, 0.3) is 22.6 Å². The number of ether oxygens (including phenoxy) is 1. The first-order valence-electron chi connectivity index (χ1n) is 7.26. The summed E-state index contributed by atoms with van der Waals surface area (Å²) in [7, 11) is 0. The fraction of sp³-hybridized carbons (Fsp3) is 0.250. The van der Waals surface area contributed by atoms with Gasteiger partial charge in [0.1, 0.15) is 6.10 Å². The first-order chi connectivity index (χ1) is 10.8. The van der Waals surface area contributed by atoms with Crippen LogP contribution in [0.2, 0.25) is 0 Å². The van der Waals surface area contributed by atoms with Crippen molar-refractivity contribution in [1.29, 1.82) is 0 Å². The van der Waals surface area contributed by atoms with E-state index in [1.807, 2.05) is 30.3 Å². The van der Waals surface area contributed by atoms with Crippen LogP contribution in [0.15, 0.2) is 41.0 Å². The molecule has 0 aliphatic carbocycles. The van der Waals surface area contributed by atoms with Gasteiger partial charge in [-0.1, -0.05) is 0 Å². The molecule has 6 nitrogen and oxygen atoms in total. The molecule has 2 N–H and O–H groups in total. The molecule has 1 atom stereocenters. The Bertz CT molecular complexity index is 801. The highest BCUT2D eigenvalue weighted by Gasteiger charge is 2.23. The molecule has 6 heteroatoms. The molecule has 3 heterocycles. The van der Waals surface area contributed by atoms with E-state index in [1.54, 1.807) is 6.26 Å². The first kappa shape index (κ1) is 13.1. The second-order valence-corrected chi connectivity index (χ2v) is 5.29. The van der Waals surface area contributed by atoms with E-state index in [0.717, 1.165) is 29.6 Å². The second kappa shape index (κ2) is 5.31. The quantitative estimate of drug-likeness (QED) is 0.779. The van der Waals surface area contributed by atoms with Crippen molar-refractivity contribution in [3.63, 3.8) is 0 Å². The Hall–Kier alpha value is -2.60. The van der Waals surface area contributed by atoms with Crippen molar-refractivity contribution in [2.24, 2.45) is 0 Å². The Kier molecular flexibility index (Phi) is 3.16. The summed E-state index contributed by atoms with van der Waals surface area (Å²) >= 11 is 0. The Morgan fingerprint density at radius 1 is 1.36 bits per heavy atom. The highest BCUT2D eigenvalue weighted by atomic mass is 16.5. The summed E-state index contributed by atoms with van der Waals surface area (Å²) in [6, 6.07) is 9.22. The van der Waals surface area contributed by atoms with Gasteiger partial charge in [-0.2, -0.15) is 0 Å². The van der Waals surface area contributed by atoms with E-state index in [-0.39, 0.29) is 12.0 Å². The lowest BCUT2D eigenvalue weighted by molar-refractivity contribution is -0.124. The lowest BCUT2D eigenvalue weighted by atomic mass is 10.2. The number of fused-ring (bicyclic) bond motifs is 1. The molecule has 4 rings (SSSR count). The van der Waals surface area contributed by atoms with Crippen molar-refractivity contribution in [2.45, 2.75) is 18.9 Å². The van der Waals surface area contributed by atoms with Gasteiger partial charge in [0.05, 0.1) is 17.3 Å². The summed E-state index contributed by atoms with van der Waals surface area (Å²) in [5.74, 6) is 1.26. The van der Waals surface area contributed by atoms with Crippen molar-refractivity contribution >= 4 is 22.6 Å². The van der Waals surface area contributed by atoms with Gasteiger partial charge < -0.3 is 19.5 Å². The number of hydrogen-bond donors (Lipinski definition) is 2. The molecule has 0 spiro atoms. The van der Waals surface area contributed by atoms with Crippen molar-refractivity contribution in [3.05, 3.63) is 36.6 Å². The van der Waals surface area contributed by atoms with Crippen molar-refractivity contribution in [3.8, 4) is 11.6 Å². The predicted molar refractivity (Wildman–Crippen MR) is 81.4 cm³/mol. The van der Waals surface area contributed by atoms with Gasteiger partial charge in [-0.3, -0.25) is 4.79 Å². The summed E-state index contributed by atoms with van der Waals surface area (Å²) in [6.07, 6.45) is 2.98. The first-order valence-corrected chi connectivity index (χ1v) is 7.26. The zero-order chi connectivity index (χ0) is 14.9. The zero-order valence-electron chi connectivity index (χ0n) is 11.8. The predicted octanol–water partition coefficient (Wildman–Crippen LogP) is 2.94. The molecular formula is C16H15N3O3. The molecule has 1 fully saturated rings. The van der Waals surface area contributed by atoms with Crippen molar-refractivity contribution in [1.82, 2.24) is 9.97 Å². The average Bonchev–Trinajstić information content (AvgIpc) is 3.26. The third-order valence-corrected chi connectivity index (χ3v) is 3.73. The molecule has 0 saturated carbocycles. The van der Waals surface area contributed by atoms with E-state index in [2.05, 4.69) is 15.3 Å². The van der Waals surface area contributed by atoms with Crippen LogP contribution in [0.1, 0.15) is 12.8 Å². The van der Waals surface area contributed by atoms with E-state index >= 15 is 0 Å². The molecule has 1 aliphatic heterocycles. The van der Waals surface area contributed by atoms with Gasteiger partial charge >= 0.3 is 0 Å². The van der Waals surface area contributed by atoms with Crippen LogP contribution in [-0.4, -0.2) is 28.6 Å². The summed E-state index contributed by atoms with van der Waals surface area (Å²) in [5.41, 5.74) is 2.39. The highest BCUT2D eigenvalue weighted by Crippen LogP contribution is 2.23. The lowest BCUT2D eigenvalue weighted by Gasteiger charge is -2.10. The SMILES string of the molecule is O=C(Nc1ccc2nc(-c3ccco3)[nH]c2c1)[C@@H]1CCCO1. The molecular weight excluding hydrogens is 282 g/mol. The van der Waals surface area contributed by atoms with E-state index in [9.17, 15) is 4.79 Å². The number of furan rings is 1. The smallest absolute Gasteiger partial charge is 0.253 e. The number of nitrogens with one attached hydrogen (secondary N) is 2. The minimum Gasteiger partial charge on any atom is -0.461 e. The summed E-state index contributed by atoms with van der Waals surface area (Å²) in [4.78, 5) is 19.7. The number of anilines is 1. The van der Waals surface area contributed by atoms with E-state index in [0.29, 0.717) is 18.2 Å². The normalized spacial score (nSPS) is 17.9. The van der Waals surface area contributed by atoms with Crippen LogP contribution < -0.4 is 5.32 Å². The third-order valence-electron chi connectivity index (χ3n) is 3.73. The minimum absolute atomic E-state index is 0.0948. The Morgan fingerprint density at radius 2 is 2.32 bits per heavy atom. The zero-order valence-corrected chi connectivity index (χ0v) is 11.8. The van der Waals surface area contributed by atoms with E-state index < -0.39 is 0 Å². The molecule has 0 radical (unpaired) electrons. The number of carbonyl (C=O) groups is 1. The van der Waals surface area contributed by atoms with Crippen molar-refractivity contribution < 1.29 is 13.9 Å². The number of aromatic amines is 1. The van der Waals surface area contributed by atoms with Crippen molar-refractivity contribution in [2.75, 3.05) is 11.9 Å². The molecule has 1 amide bonds. The number of rotatable bonds is 3. The molecule has 3 aromatic rings. The van der Waals surface area contributed by atoms with Crippen LogP contribution in [0.5, 0.6) is 0 Å². The van der Waals surface area contributed by atoms with Crippen LogP contribution in [-0.2, 0) is 9.53 Å². The number of imidazole rings is 1.